The number of benzene rings is 2. The third-order valence-corrected chi connectivity index (χ3v) is 8.08. The van der Waals surface area contributed by atoms with Gasteiger partial charge in [-0.1, -0.05) is 12.1 Å². The highest BCUT2D eigenvalue weighted by atomic mass is 19.1. The van der Waals surface area contributed by atoms with Gasteiger partial charge in [-0.05, 0) is 86.3 Å². The van der Waals surface area contributed by atoms with Crippen molar-refractivity contribution in [2.45, 2.75) is 44.9 Å². The number of hydrogen-bond acceptors (Lipinski definition) is 6. The molecule has 5 rings (SSSR count). The molecule has 2 saturated heterocycles. The van der Waals surface area contributed by atoms with Gasteiger partial charge in [0.15, 0.2) is 11.6 Å². The number of allylic oxidation sites excluding steroid dienone is 2. The van der Waals surface area contributed by atoms with Gasteiger partial charge in [-0.25, -0.2) is 9.18 Å². The van der Waals surface area contributed by atoms with Gasteiger partial charge in [0, 0.05) is 44.2 Å². The molecule has 2 amide bonds. The van der Waals surface area contributed by atoms with E-state index >= 15 is 0 Å². The summed E-state index contributed by atoms with van der Waals surface area (Å²) in [6.07, 6.45) is 7.40. The molecule has 2 aromatic rings. The molecule has 2 fully saturated rings. The molecule has 1 aliphatic carbocycles. The number of amides is 2. The van der Waals surface area contributed by atoms with Crippen LogP contribution in [-0.2, 0) is 4.79 Å². The van der Waals surface area contributed by atoms with Gasteiger partial charge in [0.1, 0.15) is 5.75 Å². The Labute approximate surface area is 232 Å². The van der Waals surface area contributed by atoms with E-state index in [1.165, 1.54) is 30.3 Å². The van der Waals surface area contributed by atoms with Gasteiger partial charge in [0.25, 0.3) is 5.69 Å². The van der Waals surface area contributed by atoms with Crippen molar-refractivity contribution >= 4 is 23.3 Å². The normalized spacial score (nSPS) is 19.7. The van der Waals surface area contributed by atoms with Crippen molar-refractivity contribution in [3.05, 3.63) is 70.0 Å². The van der Waals surface area contributed by atoms with Crippen LogP contribution in [0, 0.1) is 27.8 Å². The van der Waals surface area contributed by atoms with E-state index in [2.05, 4.69) is 6.08 Å². The molecule has 0 bridgehead atoms. The van der Waals surface area contributed by atoms with E-state index in [1.807, 2.05) is 11.0 Å². The molecule has 3 aliphatic rings. The number of hydrogen-bond donors (Lipinski definition) is 0. The first-order chi connectivity index (χ1) is 19.4. The Morgan fingerprint density at radius 1 is 0.975 bits per heavy atom. The lowest BCUT2D eigenvalue weighted by Crippen LogP contribution is -2.41. The van der Waals surface area contributed by atoms with Crippen molar-refractivity contribution in [2.75, 3.05) is 32.8 Å². The maximum Gasteiger partial charge on any atom is 0.415 e. The van der Waals surface area contributed by atoms with Crippen molar-refractivity contribution in [1.82, 2.24) is 9.80 Å². The lowest BCUT2D eigenvalue weighted by molar-refractivity contribution is -0.384. The smallest absolute Gasteiger partial charge is 0.415 e. The second-order valence-corrected chi connectivity index (χ2v) is 10.7. The lowest BCUT2D eigenvalue weighted by Gasteiger charge is -2.31. The number of halogens is 1. The van der Waals surface area contributed by atoms with Crippen molar-refractivity contribution in [3.63, 3.8) is 0 Å². The van der Waals surface area contributed by atoms with Crippen molar-refractivity contribution in [1.29, 1.82) is 0 Å². The van der Waals surface area contributed by atoms with Crippen LogP contribution in [0.1, 0.15) is 50.5 Å². The summed E-state index contributed by atoms with van der Waals surface area (Å²) in [5, 5.41) is 10.8. The molecule has 40 heavy (non-hydrogen) atoms. The standard InChI is InChI=1S/C30H34FN3O6/c31-27-19-24(22-3-5-23(6-4-22)29(35)32-15-1-2-16-32)7-12-28(27)39-20-21-13-17-33(18-14-21)30(36)40-26-10-8-25(9-11-26)34(37)38/h3,7-12,19,21,23H,1-2,4-6,13-18,20H2. The largest absolute Gasteiger partial charge is 0.490 e. The molecule has 9 nitrogen and oxygen atoms in total. The average Bonchev–Trinajstić information content (AvgIpc) is 3.52. The van der Waals surface area contributed by atoms with E-state index in [0.717, 1.165) is 49.9 Å². The molecule has 2 heterocycles. The second kappa shape index (κ2) is 12.5. The Morgan fingerprint density at radius 3 is 2.33 bits per heavy atom. The van der Waals surface area contributed by atoms with Crippen LogP contribution in [0.5, 0.6) is 11.5 Å². The Bertz CT molecular complexity index is 1270. The fourth-order valence-corrected chi connectivity index (χ4v) is 5.63. The van der Waals surface area contributed by atoms with Crippen molar-refractivity contribution in [3.8, 4) is 11.5 Å². The molecule has 212 valence electrons. The number of non-ortho nitro benzene ring substituents is 1. The quantitative estimate of drug-likeness (QED) is 0.317. The number of ether oxygens (including phenoxy) is 2. The van der Waals surface area contributed by atoms with Crippen LogP contribution < -0.4 is 9.47 Å². The van der Waals surface area contributed by atoms with Crippen LogP contribution in [0.2, 0.25) is 0 Å². The summed E-state index contributed by atoms with van der Waals surface area (Å²) in [5.41, 5.74) is 1.83. The summed E-state index contributed by atoms with van der Waals surface area (Å²) >= 11 is 0. The van der Waals surface area contributed by atoms with Crippen molar-refractivity contribution in [2.24, 2.45) is 11.8 Å². The number of nitrogens with zero attached hydrogens (tertiary/aromatic N) is 3. The lowest BCUT2D eigenvalue weighted by atomic mass is 9.86. The second-order valence-electron chi connectivity index (χ2n) is 10.7. The Kier molecular flexibility index (Phi) is 8.62. The highest BCUT2D eigenvalue weighted by Crippen LogP contribution is 2.34. The molecular formula is C30H34FN3O6. The first-order valence-electron chi connectivity index (χ1n) is 14.0. The van der Waals surface area contributed by atoms with Crippen LogP contribution in [0.3, 0.4) is 0 Å². The zero-order chi connectivity index (χ0) is 28.1. The molecule has 2 aromatic carbocycles. The van der Waals surface area contributed by atoms with Gasteiger partial charge in [-0.3, -0.25) is 14.9 Å². The van der Waals surface area contributed by atoms with E-state index in [4.69, 9.17) is 9.47 Å². The summed E-state index contributed by atoms with van der Waals surface area (Å²) in [6.45, 7) is 3.06. The van der Waals surface area contributed by atoms with Crippen LogP contribution >= 0.6 is 0 Å². The zero-order valence-electron chi connectivity index (χ0n) is 22.4. The van der Waals surface area contributed by atoms with Gasteiger partial charge in [-0.15, -0.1) is 0 Å². The fourth-order valence-electron chi connectivity index (χ4n) is 5.63. The third-order valence-electron chi connectivity index (χ3n) is 8.08. The van der Waals surface area contributed by atoms with Crippen LogP contribution in [0.4, 0.5) is 14.9 Å². The van der Waals surface area contributed by atoms with Gasteiger partial charge in [0.2, 0.25) is 5.91 Å². The highest BCUT2D eigenvalue weighted by Gasteiger charge is 2.28. The maximum atomic E-state index is 14.9. The van der Waals surface area contributed by atoms with E-state index in [1.54, 1.807) is 11.0 Å². The molecule has 1 unspecified atom stereocenters. The molecular weight excluding hydrogens is 517 g/mol. The Balaban J connectivity index is 1.06. The first kappa shape index (κ1) is 27.6. The van der Waals surface area contributed by atoms with Crippen LogP contribution in [0.15, 0.2) is 48.5 Å². The summed E-state index contributed by atoms with van der Waals surface area (Å²) in [7, 11) is 0. The van der Waals surface area contributed by atoms with Gasteiger partial charge in [0.05, 0.1) is 11.5 Å². The molecule has 0 spiro atoms. The van der Waals surface area contributed by atoms with E-state index in [0.29, 0.717) is 39.0 Å². The van der Waals surface area contributed by atoms with E-state index < -0.39 is 16.8 Å². The summed E-state index contributed by atoms with van der Waals surface area (Å²) < 4.78 is 26.0. The minimum absolute atomic E-state index is 0.0323. The minimum atomic E-state index is -0.512. The van der Waals surface area contributed by atoms with Crippen LogP contribution in [0.25, 0.3) is 5.57 Å². The summed E-state index contributed by atoms with van der Waals surface area (Å²) in [6, 6.07) is 10.4. The topological polar surface area (TPSA) is 102 Å². The van der Waals surface area contributed by atoms with Gasteiger partial charge in [-0.2, -0.15) is 0 Å². The number of rotatable bonds is 7. The predicted octanol–water partition coefficient (Wildman–Crippen LogP) is 5.83. The number of carbonyl (C=O) groups excluding carboxylic acids is 2. The number of carbonyl (C=O) groups is 2. The fraction of sp³-hybridized carbons (Fsp3) is 0.467. The predicted molar refractivity (Wildman–Crippen MR) is 146 cm³/mol. The highest BCUT2D eigenvalue weighted by molar-refractivity contribution is 5.81. The number of nitro benzene ring substituents is 1. The molecule has 2 aliphatic heterocycles. The molecule has 10 heteroatoms. The minimum Gasteiger partial charge on any atom is -0.490 e. The van der Waals surface area contributed by atoms with Crippen molar-refractivity contribution < 1.29 is 28.4 Å². The van der Waals surface area contributed by atoms with E-state index in [9.17, 15) is 24.1 Å². The number of nitro groups is 1. The Morgan fingerprint density at radius 2 is 1.70 bits per heavy atom. The maximum absolute atomic E-state index is 14.9. The molecule has 0 saturated carbocycles. The number of piperidine rings is 1. The SMILES string of the molecule is O=C(Oc1ccc([N+](=O)[O-])cc1)N1CCC(COc2ccc(C3=CCC(C(=O)N4CCCC4)CC3)cc2F)CC1. The first-order valence-corrected chi connectivity index (χ1v) is 14.0. The van der Waals surface area contributed by atoms with Crippen LogP contribution in [-0.4, -0.2) is 59.5 Å². The molecule has 0 N–H and O–H groups in total. The summed E-state index contributed by atoms with van der Waals surface area (Å²) in [5.74, 6) is 0.521. The monoisotopic (exact) mass is 551 g/mol. The molecule has 1 atom stereocenters. The molecule has 0 radical (unpaired) electrons. The van der Waals surface area contributed by atoms with Gasteiger partial charge < -0.3 is 19.3 Å². The van der Waals surface area contributed by atoms with E-state index in [-0.39, 0.29) is 34.9 Å². The Hall–Kier alpha value is -3.95. The average molecular weight is 552 g/mol. The molecule has 0 aromatic heterocycles. The third kappa shape index (κ3) is 6.60. The zero-order valence-corrected chi connectivity index (χ0v) is 22.4. The summed E-state index contributed by atoms with van der Waals surface area (Å²) in [4.78, 5) is 39.0. The van der Waals surface area contributed by atoms with Gasteiger partial charge >= 0.3 is 6.09 Å². The number of likely N-dealkylation sites (tertiary alicyclic amines) is 2.